The SMILES string of the molecule is CCOc1ccccc1NC(=O)[C@H]([NH2+]C[C@H]1COc2ccccc2O1)c1ccccc1. The van der Waals surface area contributed by atoms with E-state index in [-0.39, 0.29) is 12.0 Å². The van der Waals surface area contributed by atoms with Gasteiger partial charge in [-0.15, -0.1) is 0 Å². The van der Waals surface area contributed by atoms with Gasteiger partial charge in [-0.1, -0.05) is 54.6 Å². The van der Waals surface area contributed by atoms with Crippen LogP contribution in [0.2, 0.25) is 0 Å². The van der Waals surface area contributed by atoms with E-state index in [1.807, 2.05) is 91.1 Å². The summed E-state index contributed by atoms with van der Waals surface area (Å²) in [7, 11) is 0. The van der Waals surface area contributed by atoms with Crippen molar-refractivity contribution in [2.45, 2.75) is 19.1 Å². The van der Waals surface area contributed by atoms with Crippen molar-refractivity contribution in [2.24, 2.45) is 0 Å². The zero-order valence-corrected chi connectivity index (χ0v) is 17.5. The van der Waals surface area contributed by atoms with Crippen LogP contribution in [0, 0.1) is 0 Å². The van der Waals surface area contributed by atoms with Gasteiger partial charge in [-0.05, 0) is 31.2 Å². The number of nitrogens with one attached hydrogen (secondary N) is 1. The largest absolute Gasteiger partial charge is 0.492 e. The molecule has 0 saturated carbocycles. The van der Waals surface area contributed by atoms with Gasteiger partial charge in [0, 0.05) is 5.56 Å². The predicted molar refractivity (Wildman–Crippen MR) is 119 cm³/mol. The van der Waals surface area contributed by atoms with Crippen molar-refractivity contribution in [1.29, 1.82) is 0 Å². The highest BCUT2D eigenvalue weighted by molar-refractivity contribution is 5.95. The zero-order valence-electron chi connectivity index (χ0n) is 17.5. The number of anilines is 1. The zero-order chi connectivity index (χ0) is 21.5. The summed E-state index contributed by atoms with van der Waals surface area (Å²) in [6.45, 7) is 3.48. The Balaban J connectivity index is 1.47. The number of para-hydroxylation sites is 4. The maximum absolute atomic E-state index is 13.3. The lowest BCUT2D eigenvalue weighted by Gasteiger charge is -2.26. The molecule has 2 atom stereocenters. The van der Waals surface area contributed by atoms with E-state index in [0.717, 1.165) is 17.1 Å². The Kier molecular flexibility index (Phi) is 6.69. The molecular formula is C25H27N2O4+. The van der Waals surface area contributed by atoms with Gasteiger partial charge >= 0.3 is 0 Å². The van der Waals surface area contributed by atoms with E-state index in [0.29, 0.717) is 31.2 Å². The summed E-state index contributed by atoms with van der Waals surface area (Å²) >= 11 is 0. The molecule has 3 N–H and O–H groups in total. The maximum atomic E-state index is 13.3. The first-order valence-electron chi connectivity index (χ1n) is 10.5. The number of carbonyl (C=O) groups excluding carboxylic acids is 1. The van der Waals surface area contributed by atoms with Crippen molar-refractivity contribution in [2.75, 3.05) is 25.1 Å². The predicted octanol–water partition coefficient (Wildman–Crippen LogP) is 3.17. The van der Waals surface area contributed by atoms with Crippen LogP contribution in [-0.2, 0) is 4.79 Å². The first-order chi connectivity index (χ1) is 15.2. The van der Waals surface area contributed by atoms with Gasteiger partial charge in [0.2, 0.25) is 0 Å². The molecule has 6 heteroatoms. The van der Waals surface area contributed by atoms with Gasteiger partial charge in [0.1, 0.15) is 18.9 Å². The topological polar surface area (TPSA) is 73.4 Å². The molecule has 1 amide bonds. The Morgan fingerprint density at radius 3 is 2.55 bits per heavy atom. The normalized spacial score (nSPS) is 15.7. The fraction of sp³-hybridized carbons (Fsp3) is 0.240. The van der Waals surface area contributed by atoms with Gasteiger partial charge in [0.25, 0.3) is 5.91 Å². The van der Waals surface area contributed by atoms with Crippen LogP contribution in [0.1, 0.15) is 18.5 Å². The van der Waals surface area contributed by atoms with Crippen LogP contribution in [0.5, 0.6) is 17.2 Å². The van der Waals surface area contributed by atoms with E-state index in [4.69, 9.17) is 14.2 Å². The van der Waals surface area contributed by atoms with Crippen LogP contribution in [0.3, 0.4) is 0 Å². The highest BCUT2D eigenvalue weighted by atomic mass is 16.6. The molecule has 0 saturated heterocycles. The summed E-state index contributed by atoms with van der Waals surface area (Å²) in [5.74, 6) is 2.03. The summed E-state index contributed by atoms with van der Waals surface area (Å²) in [5.41, 5.74) is 1.58. The summed E-state index contributed by atoms with van der Waals surface area (Å²) in [6.07, 6.45) is -0.148. The molecule has 1 heterocycles. The molecule has 6 nitrogen and oxygen atoms in total. The van der Waals surface area contributed by atoms with Gasteiger partial charge in [-0.2, -0.15) is 0 Å². The number of hydrogen-bond acceptors (Lipinski definition) is 4. The molecule has 0 bridgehead atoms. The number of fused-ring (bicyclic) bond motifs is 1. The third-order valence-electron chi connectivity index (χ3n) is 5.09. The van der Waals surface area contributed by atoms with E-state index < -0.39 is 6.04 Å². The third kappa shape index (κ3) is 5.16. The third-order valence-corrected chi connectivity index (χ3v) is 5.09. The van der Waals surface area contributed by atoms with Crippen LogP contribution in [-0.4, -0.2) is 31.8 Å². The second kappa shape index (κ2) is 10.00. The molecule has 0 aromatic heterocycles. The van der Waals surface area contributed by atoms with E-state index >= 15 is 0 Å². The number of carbonyl (C=O) groups is 1. The van der Waals surface area contributed by atoms with E-state index in [1.54, 1.807) is 0 Å². The van der Waals surface area contributed by atoms with Crippen LogP contribution in [0.25, 0.3) is 0 Å². The molecule has 0 radical (unpaired) electrons. The first-order valence-corrected chi connectivity index (χ1v) is 10.5. The Labute approximate surface area is 182 Å². The summed E-state index contributed by atoms with van der Waals surface area (Å²) in [4.78, 5) is 13.3. The molecule has 1 aliphatic rings. The van der Waals surface area contributed by atoms with Crippen LogP contribution in [0.15, 0.2) is 78.9 Å². The summed E-state index contributed by atoms with van der Waals surface area (Å²) in [6, 6.07) is 24.4. The average molecular weight is 420 g/mol. The van der Waals surface area contributed by atoms with E-state index in [1.165, 1.54) is 0 Å². The van der Waals surface area contributed by atoms with Crippen molar-refractivity contribution in [3.63, 3.8) is 0 Å². The molecular weight excluding hydrogens is 392 g/mol. The minimum Gasteiger partial charge on any atom is -0.492 e. The highest BCUT2D eigenvalue weighted by Gasteiger charge is 2.29. The summed E-state index contributed by atoms with van der Waals surface area (Å²) in [5, 5.41) is 5.03. The average Bonchev–Trinajstić information content (AvgIpc) is 2.81. The van der Waals surface area contributed by atoms with Gasteiger partial charge in [-0.25, -0.2) is 0 Å². The Bertz CT molecular complexity index is 1010. The second-order valence-electron chi connectivity index (χ2n) is 7.28. The molecule has 0 fully saturated rings. The minimum atomic E-state index is -0.434. The molecule has 3 aromatic carbocycles. The smallest absolute Gasteiger partial charge is 0.287 e. The van der Waals surface area contributed by atoms with Gasteiger partial charge < -0.3 is 24.8 Å². The number of hydrogen-bond donors (Lipinski definition) is 2. The fourth-order valence-electron chi connectivity index (χ4n) is 3.58. The Morgan fingerprint density at radius 2 is 1.74 bits per heavy atom. The molecule has 0 unspecified atom stereocenters. The maximum Gasteiger partial charge on any atom is 0.287 e. The van der Waals surface area contributed by atoms with Gasteiger partial charge in [0.05, 0.1) is 12.3 Å². The van der Waals surface area contributed by atoms with Crippen molar-refractivity contribution in [1.82, 2.24) is 0 Å². The Morgan fingerprint density at radius 1 is 1.03 bits per heavy atom. The van der Waals surface area contributed by atoms with Gasteiger partial charge in [-0.3, -0.25) is 4.79 Å². The monoisotopic (exact) mass is 419 g/mol. The quantitative estimate of drug-likeness (QED) is 0.588. The standard InChI is InChI=1S/C25H26N2O4/c1-2-29-21-13-7-6-12-20(21)27-25(28)24(18-10-4-3-5-11-18)26-16-19-17-30-22-14-8-9-15-23(22)31-19/h3-15,19,24,26H,2,16-17H2,1H3,(H,27,28)/p+1/t19-,24+/m0/s1. The number of ether oxygens (including phenoxy) is 3. The molecule has 1 aliphatic heterocycles. The van der Waals surface area contributed by atoms with Crippen LogP contribution in [0.4, 0.5) is 5.69 Å². The second-order valence-corrected chi connectivity index (χ2v) is 7.28. The van der Waals surface area contributed by atoms with Crippen LogP contribution >= 0.6 is 0 Å². The van der Waals surface area contributed by atoms with Crippen molar-refractivity contribution >= 4 is 11.6 Å². The molecule has 0 spiro atoms. The number of benzene rings is 3. The molecule has 3 aromatic rings. The Hall–Kier alpha value is -3.51. The highest BCUT2D eigenvalue weighted by Crippen LogP contribution is 2.30. The lowest BCUT2D eigenvalue weighted by atomic mass is 10.1. The first kappa shape index (κ1) is 20.8. The molecule has 31 heavy (non-hydrogen) atoms. The number of quaternary nitrogens is 1. The number of rotatable bonds is 8. The van der Waals surface area contributed by atoms with E-state index in [9.17, 15) is 4.79 Å². The number of nitrogens with two attached hydrogens (primary N) is 1. The molecule has 4 rings (SSSR count). The van der Waals surface area contributed by atoms with Gasteiger partial charge in [0.15, 0.2) is 23.6 Å². The van der Waals surface area contributed by atoms with Crippen LogP contribution < -0.4 is 24.8 Å². The number of amides is 1. The van der Waals surface area contributed by atoms with E-state index in [2.05, 4.69) is 5.32 Å². The van der Waals surface area contributed by atoms with Crippen molar-refractivity contribution < 1.29 is 24.3 Å². The summed E-state index contributed by atoms with van der Waals surface area (Å²) < 4.78 is 17.5. The lowest BCUT2D eigenvalue weighted by Crippen LogP contribution is -2.89. The van der Waals surface area contributed by atoms with Crippen molar-refractivity contribution in [3.05, 3.63) is 84.4 Å². The van der Waals surface area contributed by atoms with Crippen molar-refractivity contribution in [3.8, 4) is 17.2 Å². The molecule has 0 aliphatic carbocycles. The minimum absolute atomic E-state index is 0.115. The lowest BCUT2D eigenvalue weighted by molar-refractivity contribution is -0.687. The fourth-order valence-corrected chi connectivity index (χ4v) is 3.58. The molecule has 160 valence electrons.